The molecule has 1 aromatic heterocycles. The highest BCUT2D eigenvalue weighted by Gasteiger charge is 2.06. The molecular formula is C12H12Cl2N4. The van der Waals surface area contributed by atoms with Crippen molar-refractivity contribution in [1.82, 2.24) is 9.97 Å². The first-order valence-corrected chi connectivity index (χ1v) is 6.10. The van der Waals surface area contributed by atoms with E-state index >= 15 is 0 Å². The predicted molar refractivity (Wildman–Crippen MR) is 76.1 cm³/mol. The smallest absolute Gasteiger partial charge is 0.224 e. The first kappa shape index (κ1) is 12.9. The van der Waals surface area contributed by atoms with Crippen molar-refractivity contribution in [1.29, 1.82) is 0 Å². The zero-order chi connectivity index (χ0) is 13.1. The number of nitrogens with one attached hydrogen (secondary N) is 2. The van der Waals surface area contributed by atoms with Crippen LogP contribution in [-0.2, 0) is 0 Å². The van der Waals surface area contributed by atoms with Gasteiger partial charge < -0.3 is 10.6 Å². The lowest BCUT2D eigenvalue weighted by molar-refractivity contribution is 1.10. The van der Waals surface area contributed by atoms with Crippen LogP contribution >= 0.6 is 23.2 Å². The van der Waals surface area contributed by atoms with E-state index < -0.39 is 0 Å². The number of rotatable bonds is 3. The molecule has 4 nitrogen and oxygen atoms in total. The number of anilines is 3. The molecule has 0 aliphatic carbocycles. The van der Waals surface area contributed by atoms with E-state index in [1.165, 1.54) is 0 Å². The van der Waals surface area contributed by atoms with Crippen LogP contribution in [0.4, 0.5) is 17.5 Å². The van der Waals surface area contributed by atoms with E-state index in [4.69, 9.17) is 23.2 Å². The summed E-state index contributed by atoms with van der Waals surface area (Å²) >= 11 is 12.1. The second-order valence-electron chi connectivity index (χ2n) is 3.69. The van der Waals surface area contributed by atoms with Crippen molar-refractivity contribution in [2.45, 2.75) is 6.92 Å². The summed E-state index contributed by atoms with van der Waals surface area (Å²) in [4.78, 5) is 8.50. The Balaban J connectivity index is 2.34. The monoisotopic (exact) mass is 282 g/mol. The van der Waals surface area contributed by atoms with Gasteiger partial charge in [0.2, 0.25) is 5.95 Å². The predicted octanol–water partition coefficient (Wildman–Crippen LogP) is 3.88. The van der Waals surface area contributed by atoms with Crippen LogP contribution in [-0.4, -0.2) is 17.0 Å². The van der Waals surface area contributed by atoms with Crippen molar-refractivity contribution in [3.8, 4) is 0 Å². The Bertz CT molecular complexity index is 572. The summed E-state index contributed by atoms with van der Waals surface area (Å²) in [6.45, 7) is 1.90. The highest BCUT2D eigenvalue weighted by Crippen LogP contribution is 2.31. The number of halogens is 2. The Hall–Kier alpha value is -1.52. The van der Waals surface area contributed by atoms with Gasteiger partial charge in [-0.05, 0) is 19.1 Å². The number of aryl methyl sites for hydroxylation is 1. The van der Waals surface area contributed by atoms with Gasteiger partial charge in [-0.2, -0.15) is 4.98 Å². The molecule has 0 unspecified atom stereocenters. The Morgan fingerprint density at radius 1 is 1.17 bits per heavy atom. The minimum absolute atomic E-state index is 0.474. The van der Waals surface area contributed by atoms with Crippen molar-refractivity contribution in [3.63, 3.8) is 0 Å². The SMILES string of the molecule is CNc1nc(C)cc(Nc2cccc(Cl)c2Cl)n1. The van der Waals surface area contributed by atoms with Crippen LogP contribution in [0.3, 0.4) is 0 Å². The van der Waals surface area contributed by atoms with Gasteiger partial charge >= 0.3 is 0 Å². The molecule has 2 rings (SSSR count). The minimum Gasteiger partial charge on any atom is -0.357 e. The summed E-state index contributed by atoms with van der Waals surface area (Å²) in [6.07, 6.45) is 0. The Labute approximate surface area is 115 Å². The van der Waals surface area contributed by atoms with E-state index in [0.717, 1.165) is 5.69 Å². The van der Waals surface area contributed by atoms with Crippen LogP contribution in [0.5, 0.6) is 0 Å². The molecule has 0 aliphatic heterocycles. The van der Waals surface area contributed by atoms with Crippen molar-refractivity contribution < 1.29 is 0 Å². The molecule has 0 aliphatic rings. The summed E-state index contributed by atoms with van der Waals surface area (Å²) in [7, 11) is 1.77. The molecule has 0 fully saturated rings. The molecule has 0 saturated heterocycles. The standard InChI is InChI=1S/C12H12Cl2N4/c1-7-6-10(18-12(15-2)16-7)17-9-5-3-4-8(13)11(9)14/h3-6H,1-2H3,(H2,15,16,17,18). The molecule has 0 spiro atoms. The summed E-state index contributed by atoms with van der Waals surface area (Å²) in [5.41, 5.74) is 1.57. The van der Waals surface area contributed by atoms with Gasteiger partial charge in [0.1, 0.15) is 5.82 Å². The molecule has 0 atom stereocenters. The first-order valence-electron chi connectivity index (χ1n) is 5.34. The maximum atomic E-state index is 6.10. The van der Waals surface area contributed by atoms with Crippen LogP contribution in [0.2, 0.25) is 10.0 Å². The topological polar surface area (TPSA) is 49.8 Å². The minimum atomic E-state index is 0.474. The number of benzene rings is 1. The summed E-state index contributed by atoms with van der Waals surface area (Å²) in [6, 6.07) is 7.23. The van der Waals surface area contributed by atoms with E-state index in [9.17, 15) is 0 Å². The highest BCUT2D eigenvalue weighted by atomic mass is 35.5. The van der Waals surface area contributed by atoms with Gasteiger partial charge in [-0.1, -0.05) is 29.3 Å². The van der Waals surface area contributed by atoms with E-state index in [-0.39, 0.29) is 0 Å². The van der Waals surface area contributed by atoms with E-state index in [1.54, 1.807) is 13.1 Å². The number of hydrogen-bond acceptors (Lipinski definition) is 4. The Morgan fingerprint density at radius 2 is 1.94 bits per heavy atom. The molecule has 2 aromatic rings. The molecule has 2 N–H and O–H groups in total. The average molecular weight is 283 g/mol. The largest absolute Gasteiger partial charge is 0.357 e. The van der Waals surface area contributed by atoms with Crippen molar-refractivity contribution in [2.75, 3.05) is 17.7 Å². The third kappa shape index (κ3) is 2.83. The van der Waals surface area contributed by atoms with E-state index in [0.29, 0.717) is 27.5 Å². The fourth-order valence-electron chi connectivity index (χ4n) is 1.48. The van der Waals surface area contributed by atoms with Gasteiger partial charge in [0.05, 0.1) is 15.7 Å². The number of nitrogens with zero attached hydrogens (tertiary/aromatic N) is 2. The molecule has 1 heterocycles. The van der Waals surface area contributed by atoms with Gasteiger partial charge in [-0.3, -0.25) is 0 Å². The zero-order valence-corrected chi connectivity index (χ0v) is 11.5. The molecular weight excluding hydrogens is 271 g/mol. The maximum absolute atomic E-state index is 6.10. The molecule has 6 heteroatoms. The van der Waals surface area contributed by atoms with Crippen LogP contribution in [0.1, 0.15) is 5.69 Å². The summed E-state index contributed by atoms with van der Waals surface area (Å²) in [5.74, 6) is 1.21. The second-order valence-corrected chi connectivity index (χ2v) is 4.48. The molecule has 0 bridgehead atoms. The van der Waals surface area contributed by atoms with Crippen LogP contribution < -0.4 is 10.6 Å². The third-order valence-corrected chi connectivity index (χ3v) is 3.11. The van der Waals surface area contributed by atoms with Gasteiger partial charge in [0, 0.05) is 18.8 Å². The van der Waals surface area contributed by atoms with Crippen molar-refractivity contribution in [3.05, 3.63) is 40.0 Å². The maximum Gasteiger partial charge on any atom is 0.224 e. The van der Waals surface area contributed by atoms with Gasteiger partial charge in [-0.15, -0.1) is 0 Å². The zero-order valence-electron chi connectivity index (χ0n) is 9.96. The van der Waals surface area contributed by atoms with E-state index in [2.05, 4.69) is 20.6 Å². The molecule has 18 heavy (non-hydrogen) atoms. The van der Waals surface area contributed by atoms with E-state index in [1.807, 2.05) is 25.1 Å². The summed E-state index contributed by atoms with van der Waals surface area (Å²) < 4.78 is 0. The lowest BCUT2D eigenvalue weighted by atomic mass is 10.3. The summed E-state index contributed by atoms with van der Waals surface area (Å²) in [5, 5.41) is 6.99. The van der Waals surface area contributed by atoms with Crippen molar-refractivity contribution in [2.24, 2.45) is 0 Å². The first-order chi connectivity index (χ1) is 8.60. The quantitative estimate of drug-likeness (QED) is 0.897. The van der Waals surface area contributed by atoms with Crippen molar-refractivity contribution >= 4 is 40.7 Å². The Kier molecular flexibility index (Phi) is 3.89. The molecule has 0 amide bonds. The Morgan fingerprint density at radius 3 is 2.67 bits per heavy atom. The average Bonchev–Trinajstić information content (AvgIpc) is 2.34. The van der Waals surface area contributed by atoms with Crippen LogP contribution in [0.15, 0.2) is 24.3 Å². The fourth-order valence-corrected chi connectivity index (χ4v) is 1.83. The molecule has 0 radical (unpaired) electrons. The van der Waals surface area contributed by atoms with Gasteiger partial charge in [-0.25, -0.2) is 4.98 Å². The molecule has 94 valence electrons. The number of hydrogen-bond donors (Lipinski definition) is 2. The van der Waals surface area contributed by atoms with Crippen LogP contribution in [0.25, 0.3) is 0 Å². The third-order valence-electron chi connectivity index (χ3n) is 2.29. The fraction of sp³-hybridized carbons (Fsp3) is 0.167. The lowest BCUT2D eigenvalue weighted by Gasteiger charge is -2.10. The van der Waals surface area contributed by atoms with Crippen LogP contribution in [0, 0.1) is 6.92 Å². The second kappa shape index (κ2) is 5.42. The molecule has 0 saturated carbocycles. The molecule has 1 aromatic carbocycles. The highest BCUT2D eigenvalue weighted by molar-refractivity contribution is 6.43. The number of aromatic nitrogens is 2. The lowest BCUT2D eigenvalue weighted by Crippen LogP contribution is -2.02. The normalized spacial score (nSPS) is 10.2. The van der Waals surface area contributed by atoms with Gasteiger partial charge in [0.15, 0.2) is 0 Å². The van der Waals surface area contributed by atoms with Gasteiger partial charge in [0.25, 0.3) is 0 Å².